The standard InChI is InChI=1S/C20H19F3N4O4/c1-26-16(25-14(19(29)31-3)15(30-2)18(26)28)17-24-12-8-7-10(20(21,22)23)9-13(12)27(17)11-5-4-6-11/h7-9,11H,4-6H2,1-3H3. The fourth-order valence-corrected chi connectivity index (χ4v) is 3.64. The minimum absolute atomic E-state index is 0.0304. The summed E-state index contributed by atoms with van der Waals surface area (Å²) < 4.78 is 52.5. The van der Waals surface area contributed by atoms with Crippen LogP contribution in [0.5, 0.6) is 5.75 Å². The van der Waals surface area contributed by atoms with E-state index in [1.165, 1.54) is 20.2 Å². The molecular formula is C20H19F3N4O4. The Labute approximate surface area is 174 Å². The zero-order chi connectivity index (χ0) is 22.5. The highest BCUT2D eigenvalue weighted by Crippen LogP contribution is 2.40. The van der Waals surface area contributed by atoms with E-state index in [0.717, 1.165) is 43.1 Å². The van der Waals surface area contributed by atoms with Crippen LogP contribution in [-0.2, 0) is 18.0 Å². The van der Waals surface area contributed by atoms with Crippen molar-refractivity contribution in [3.63, 3.8) is 0 Å². The number of carbonyl (C=O) groups excluding carboxylic acids is 1. The highest BCUT2D eigenvalue weighted by Gasteiger charge is 2.33. The van der Waals surface area contributed by atoms with Crippen LogP contribution in [0.1, 0.15) is 41.4 Å². The third kappa shape index (κ3) is 3.33. The molecule has 1 aromatic carbocycles. The topological polar surface area (TPSA) is 88.2 Å². The molecule has 31 heavy (non-hydrogen) atoms. The van der Waals surface area contributed by atoms with Crippen molar-refractivity contribution in [2.45, 2.75) is 31.5 Å². The van der Waals surface area contributed by atoms with Gasteiger partial charge in [0.1, 0.15) is 0 Å². The molecule has 1 aliphatic rings. The number of esters is 1. The maximum Gasteiger partial charge on any atom is 0.416 e. The largest absolute Gasteiger partial charge is 0.489 e. The Balaban J connectivity index is 2.03. The van der Waals surface area contributed by atoms with E-state index in [0.29, 0.717) is 11.0 Å². The Bertz CT molecular complexity index is 1240. The van der Waals surface area contributed by atoms with Gasteiger partial charge in [-0.3, -0.25) is 9.36 Å². The second-order valence-electron chi connectivity index (χ2n) is 7.26. The number of hydrogen-bond donors (Lipinski definition) is 0. The number of alkyl halides is 3. The minimum atomic E-state index is -4.51. The van der Waals surface area contributed by atoms with Crippen LogP contribution in [0.2, 0.25) is 0 Å². The molecular weight excluding hydrogens is 417 g/mol. The van der Waals surface area contributed by atoms with Gasteiger partial charge in [0.2, 0.25) is 5.75 Å². The monoisotopic (exact) mass is 436 g/mol. The zero-order valence-corrected chi connectivity index (χ0v) is 17.0. The number of fused-ring (bicyclic) bond motifs is 1. The SMILES string of the molecule is COC(=O)c1nc(-c2nc3ccc(C(F)(F)F)cc3n2C2CCC2)n(C)c(=O)c1OC. The maximum atomic E-state index is 13.3. The number of halogens is 3. The van der Waals surface area contributed by atoms with Gasteiger partial charge in [-0.2, -0.15) is 13.2 Å². The smallest absolute Gasteiger partial charge is 0.416 e. The molecule has 0 atom stereocenters. The van der Waals surface area contributed by atoms with Crippen molar-refractivity contribution in [2.24, 2.45) is 7.05 Å². The van der Waals surface area contributed by atoms with Gasteiger partial charge in [0, 0.05) is 13.1 Å². The number of imidazole rings is 1. The van der Waals surface area contributed by atoms with E-state index in [1.807, 2.05) is 0 Å². The summed E-state index contributed by atoms with van der Waals surface area (Å²) in [7, 11) is 3.80. The Morgan fingerprint density at radius 1 is 1.16 bits per heavy atom. The fourth-order valence-electron chi connectivity index (χ4n) is 3.64. The van der Waals surface area contributed by atoms with Crippen LogP contribution < -0.4 is 10.3 Å². The van der Waals surface area contributed by atoms with E-state index in [-0.39, 0.29) is 29.1 Å². The molecule has 0 N–H and O–H groups in total. The van der Waals surface area contributed by atoms with Crippen LogP contribution in [-0.4, -0.2) is 39.3 Å². The van der Waals surface area contributed by atoms with Crippen LogP contribution in [0.3, 0.4) is 0 Å². The summed E-state index contributed by atoms with van der Waals surface area (Å²) in [5, 5.41) is 0. The first kappa shape index (κ1) is 20.9. The predicted octanol–water partition coefficient (Wildman–Crippen LogP) is 3.34. The molecule has 1 aliphatic carbocycles. The van der Waals surface area contributed by atoms with Crippen molar-refractivity contribution in [1.82, 2.24) is 19.1 Å². The number of aromatic nitrogens is 4. The first-order valence-electron chi connectivity index (χ1n) is 9.50. The average Bonchev–Trinajstić information content (AvgIpc) is 3.05. The van der Waals surface area contributed by atoms with Gasteiger partial charge in [0.25, 0.3) is 5.56 Å². The highest BCUT2D eigenvalue weighted by atomic mass is 19.4. The lowest BCUT2D eigenvalue weighted by atomic mass is 9.92. The zero-order valence-electron chi connectivity index (χ0n) is 17.0. The van der Waals surface area contributed by atoms with Crippen molar-refractivity contribution < 1.29 is 27.4 Å². The number of rotatable bonds is 4. The van der Waals surface area contributed by atoms with Gasteiger partial charge in [0.05, 0.1) is 30.8 Å². The molecule has 1 fully saturated rings. The van der Waals surface area contributed by atoms with Crippen LogP contribution in [0.25, 0.3) is 22.7 Å². The number of carbonyl (C=O) groups is 1. The number of methoxy groups -OCH3 is 2. The van der Waals surface area contributed by atoms with Gasteiger partial charge in [-0.05, 0) is 37.5 Å². The summed E-state index contributed by atoms with van der Waals surface area (Å²) in [6.07, 6.45) is -2.08. The Morgan fingerprint density at radius 2 is 1.87 bits per heavy atom. The summed E-state index contributed by atoms with van der Waals surface area (Å²) in [5.41, 5.74) is -1.14. The number of benzene rings is 1. The van der Waals surface area contributed by atoms with Gasteiger partial charge in [-0.15, -0.1) is 0 Å². The molecule has 11 heteroatoms. The van der Waals surface area contributed by atoms with Crippen LogP contribution in [0.15, 0.2) is 23.0 Å². The highest BCUT2D eigenvalue weighted by molar-refractivity contribution is 5.90. The van der Waals surface area contributed by atoms with Gasteiger partial charge < -0.3 is 14.0 Å². The van der Waals surface area contributed by atoms with Gasteiger partial charge in [0.15, 0.2) is 17.3 Å². The Morgan fingerprint density at radius 3 is 2.42 bits per heavy atom. The van der Waals surface area contributed by atoms with Gasteiger partial charge in [-0.25, -0.2) is 14.8 Å². The molecule has 3 aromatic rings. The van der Waals surface area contributed by atoms with Crippen molar-refractivity contribution in [3.8, 4) is 17.4 Å². The number of ether oxygens (including phenoxy) is 2. The first-order valence-corrected chi connectivity index (χ1v) is 9.50. The first-order chi connectivity index (χ1) is 14.7. The molecule has 8 nitrogen and oxygen atoms in total. The fraction of sp³-hybridized carbons (Fsp3) is 0.400. The third-order valence-electron chi connectivity index (χ3n) is 5.49. The molecule has 0 unspecified atom stereocenters. The maximum absolute atomic E-state index is 13.3. The Hall–Kier alpha value is -3.37. The summed E-state index contributed by atoms with van der Waals surface area (Å²) in [5.74, 6) is -0.931. The van der Waals surface area contributed by atoms with E-state index in [1.54, 1.807) is 4.57 Å². The van der Waals surface area contributed by atoms with Crippen molar-refractivity contribution in [3.05, 3.63) is 39.8 Å². The van der Waals surface area contributed by atoms with E-state index >= 15 is 0 Å². The number of nitrogens with zero attached hydrogens (tertiary/aromatic N) is 4. The van der Waals surface area contributed by atoms with Gasteiger partial charge in [-0.1, -0.05) is 0 Å². The van der Waals surface area contributed by atoms with Gasteiger partial charge >= 0.3 is 12.1 Å². The molecule has 2 aromatic heterocycles. The molecule has 0 saturated heterocycles. The molecule has 1 saturated carbocycles. The van der Waals surface area contributed by atoms with E-state index < -0.39 is 23.3 Å². The van der Waals surface area contributed by atoms with Crippen molar-refractivity contribution >= 4 is 17.0 Å². The summed E-state index contributed by atoms with van der Waals surface area (Å²) in [4.78, 5) is 33.7. The average molecular weight is 436 g/mol. The second-order valence-corrected chi connectivity index (χ2v) is 7.26. The van der Waals surface area contributed by atoms with Crippen LogP contribution >= 0.6 is 0 Å². The lowest BCUT2D eigenvalue weighted by Gasteiger charge is -2.29. The van der Waals surface area contributed by atoms with Crippen LogP contribution in [0.4, 0.5) is 13.2 Å². The molecule has 164 valence electrons. The second kappa shape index (κ2) is 7.40. The summed E-state index contributed by atoms with van der Waals surface area (Å²) >= 11 is 0. The molecule has 4 rings (SSSR count). The summed E-state index contributed by atoms with van der Waals surface area (Å²) in [6.45, 7) is 0. The molecule has 0 bridgehead atoms. The molecule has 0 amide bonds. The quantitative estimate of drug-likeness (QED) is 0.583. The molecule has 0 aliphatic heterocycles. The van der Waals surface area contributed by atoms with Crippen molar-refractivity contribution in [2.75, 3.05) is 14.2 Å². The van der Waals surface area contributed by atoms with Crippen LogP contribution in [0, 0.1) is 0 Å². The lowest BCUT2D eigenvalue weighted by molar-refractivity contribution is -0.137. The van der Waals surface area contributed by atoms with E-state index in [2.05, 4.69) is 9.97 Å². The van der Waals surface area contributed by atoms with E-state index in [4.69, 9.17) is 9.47 Å². The third-order valence-corrected chi connectivity index (χ3v) is 5.49. The number of hydrogen-bond acceptors (Lipinski definition) is 6. The van der Waals surface area contributed by atoms with E-state index in [9.17, 15) is 22.8 Å². The predicted molar refractivity (Wildman–Crippen MR) is 104 cm³/mol. The van der Waals surface area contributed by atoms with Crippen molar-refractivity contribution in [1.29, 1.82) is 0 Å². The molecule has 0 radical (unpaired) electrons. The summed E-state index contributed by atoms with van der Waals surface area (Å²) in [6, 6.07) is 3.21. The minimum Gasteiger partial charge on any atom is -0.489 e. The molecule has 2 heterocycles. The Kier molecular flexibility index (Phi) is 4.98. The lowest BCUT2D eigenvalue weighted by Crippen LogP contribution is -2.27. The molecule has 0 spiro atoms. The normalized spacial score (nSPS) is 14.5.